The number of furan rings is 1. The third kappa shape index (κ3) is 2.14. The maximum atomic E-state index is 6.42. The minimum Gasteiger partial charge on any atom is -0.454 e. The van der Waals surface area contributed by atoms with Crippen LogP contribution in [0.15, 0.2) is 108 Å². The van der Waals surface area contributed by atoms with Crippen LogP contribution in [-0.2, 0) is 0 Å². The van der Waals surface area contributed by atoms with Crippen LogP contribution in [0.25, 0.3) is 71.2 Å². The van der Waals surface area contributed by atoms with Crippen LogP contribution in [0.4, 0.5) is 0 Å². The second-order valence-electron chi connectivity index (χ2n) is 8.66. The van der Waals surface area contributed by atoms with E-state index in [1.807, 2.05) is 12.1 Å². The second kappa shape index (κ2) is 6.05. The Morgan fingerprint density at radius 2 is 1.27 bits per heavy atom. The van der Waals surface area contributed by atoms with E-state index in [2.05, 4.69) is 101 Å². The quantitative estimate of drug-likeness (QED) is 0.283. The highest BCUT2D eigenvalue weighted by Crippen LogP contribution is 2.41. The largest absolute Gasteiger partial charge is 0.454 e. The van der Waals surface area contributed by atoms with Crippen LogP contribution in [0, 0.1) is 0 Å². The molecular formula is C30H18N2O. The number of hydrogen-bond acceptors (Lipinski definition) is 1. The van der Waals surface area contributed by atoms with E-state index >= 15 is 0 Å². The summed E-state index contributed by atoms with van der Waals surface area (Å²) in [6.07, 6.45) is 0. The SMILES string of the molecule is c1ccc2c(c1)[nH]c1ccc3c(c4ccccc4n3-c3cccc4c3oc3ccccc34)c12. The number of aromatic amines is 1. The molecule has 8 aromatic rings. The zero-order valence-electron chi connectivity index (χ0n) is 17.7. The van der Waals surface area contributed by atoms with Gasteiger partial charge in [0.1, 0.15) is 5.58 Å². The van der Waals surface area contributed by atoms with Gasteiger partial charge in [-0.3, -0.25) is 0 Å². The Kier molecular flexibility index (Phi) is 3.14. The molecular weight excluding hydrogens is 404 g/mol. The van der Waals surface area contributed by atoms with Gasteiger partial charge in [-0.2, -0.15) is 0 Å². The number of rotatable bonds is 1. The molecule has 0 fully saturated rings. The van der Waals surface area contributed by atoms with Crippen molar-refractivity contribution in [2.45, 2.75) is 0 Å². The molecule has 3 heteroatoms. The molecule has 0 atom stereocenters. The monoisotopic (exact) mass is 422 g/mol. The lowest BCUT2D eigenvalue weighted by atomic mass is 10.1. The Morgan fingerprint density at radius 3 is 2.21 bits per heavy atom. The first kappa shape index (κ1) is 17.1. The molecule has 0 saturated heterocycles. The van der Waals surface area contributed by atoms with E-state index in [1.54, 1.807) is 0 Å². The summed E-state index contributed by atoms with van der Waals surface area (Å²) in [7, 11) is 0. The molecule has 3 nitrogen and oxygen atoms in total. The number of nitrogens with one attached hydrogen (secondary N) is 1. The van der Waals surface area contributed by atoms with Gasteiger partial charge in [0.15, 0.2) is 5.58 Å². The molecule has 8 rings (SSSR count). The van der Waals surface area contributed by atoms with Gasteiger partial charge in [0, 0.05) is 43.4 Å². The Balaban J connectivity index is 1.61. The summed E-state index contributed by atoms with van der Waals surface area (Å²) in [6, 6.07) is 36.4. The fraction of sp³-hybridized carbons (Fsp3) is 0. The van der Waals surface area contributed by atoms with Gasteiger partial charge >= 0.3 is 0 Å². The highest BCUT2D eigenvalue weighted by atomic mass is 16.3. The van der Waals surface area contributed by atoms with Crippen LogP contribution in [0.5, 0.6) is 0 Å². The van der Waals surface area contributed by atoms with Crippen molar-refractivity contribution in [2.75, 3.05) is 0 Å². The number of aromatic nitrogens is 2. The van der Waals surface area contributed by atoms with Gasteiger partial charge in [0.25, 0.3) is 0 Å². The molecule has 0 bridgehead atoms. The van der Waals surface area contributed by atoms with E-state index in [9.17, 15) is 0 Å². The van der Waals surface area contributed by atoms with Crippen LogP contribution in [0.1, 0.15) is 0 Å². The van der Waals surface area contributed by atoms with Crippen molar-refractivity contribution < 1.29 is 4.42 Å². The molecule has 0 saturated carbocycles. The van der Waals surface area contributed by atoms with E-state index in [4.69, 9.17) is 4.42 Å². The summed E-state index contributed by atoms with van der Waals surface area (Å²) >= 11 is 0. The standard InChI is InChI=1S/C30H18N2O/c1-4-12-22-20(9-1)28-23(31-22)16-17-25-29(28)21-10-2-5-13-24(21)32(25)26-14-7-11-19-18-8-3-6-15-27(18)33-30(19)26/h1-17,31H. The molecule has 33 heavy (non-hydrogen) atoms. The van der Waals surface area contributed by atoms with Gasteiger partial charge in [0.2, 0.25) is 0 Å². The van der Waals surface area contributed by atoms with Gasteiger partial charge in [0.05, 0.1) is 16.7 Å². The van der Waals surface area contributed by atoms with Gasteiger partial charge < -0.3 is 14.0 Å². The minimum atomic E-state index is 0.916. The maximum Gasteiger partial charge on any atom is 0.159 e. The number of hydrogen-bond donors (Lipinski definition) is 1. The van der Waals surface area contributed by atoms with Crippen LogP contribution >= 0.6 is 0 Å². The third-order valence-electron chi connectivity index (χ3n) is 6.93. The van der Waals surface area contributed by atoms with Gasteiger partial charge in [-0.05, 0) is 36.4 Å². The first-order valence-electron chi connectivity index (χ1n) is 11.2. The summed E-state index contributed by atoms with van der Waals surface area (Å²) < 4.78 is 8.78. The molecule has 5 aromatic carbocycles. The van der Waals surface area contributed by atoms with Crippen LogP contribution in [0.3, 0.4) is 0 Å². The summed E-state index contributed by atoms with van der Waals surface area (Å²) in [4.78, 5) is 3.60. The van der Waals surface area contributed by atoms with Gasteiger partial charge in [-0.25, -0.2) is 0 Å². The third-order valence-corrected chi connectivity index (χ3v) is 6.93. The first-order valence-corrected chi connectivity index (χ1v) is 11.2. The lowest BCUT2D eigenvalue weighted by molar-refractivity contribution is 0.666. The molecule has 154 valence electrons. The molecule has 3 aromatic heterocycles. The zero-order chi connectivity index (χ0) is 21.5. The predicted octanol–water partition coefficient (Wildman–Crippen LogP) is 8.32. The molecule has 0 amide bonds. The Morgan fingerprint density at radius 1 is 0.515 bits per heavy atom. The molecule has 3 heterocycles. The average molecular weight is 422 g/mol. The summed E-state index contributed by atoms with van der Waals surface area (Å²) in [5, 5.41) is 7.33. The number of H-pyrrole nitrogens is 1. The molecule has 0 radical (unpaired) electrons. The molecule has 0 aliphatic rings. The number of fused-ring (bicyclic) bond motifs is 10. The Labute approximate surface area is 188 Å². The highest BCUT2D eigenvalue weighted by molar-refractivity contribution is 6.28. The average Bonchev–Trinajstić information content (AvgIpc) is 3.53. The number of benzene rings is 5. The van der Waals surface area contributed by atoms with Crippen molar-refractivity contribution >= 4 is 65.6 Å². The fourth-order valence-corrected chi connectivity index (χ4v) is 5.57. The lowest BCUT2D eigenvalue weighted by Gasteiger charge is -2.08. The summed E-state index contributed by atoms with van der Waals surface area (Å²) in [6.45, 7) is 0. The van der Waals surface area contributed by atoms with Crippen LogP contribution in [-0.4, -0.2) is 9.55 Å². The van der Waals surface area contributed by atoms with Crippen molar-refractivity contribution in [1.82, 2.24) is 9.55 Å². The first-order chi connectivity index (χ1) is 16.4. The van der Waals surface area contributed by atoms with Crippen molar-refractivity contribution in [2.24, 2.45) is 0 Å². The van der Waals surface area contributed by atoms with E-state index < -0.39 is 0 Å². The van der Waals surface area contributed by atoms with Gasteiger partial charge in [-0.1, -0.05) is 66.7 Å². The van der Waals surface area contributed by atoms with Crippen molar-refractivity contribution in [3.8, 4) is 5.69 Å². The number of nitrogens with zero attached hydrogens (tertiary/aromatic N) is 1. The van der Waals surface area contributed by atoms with E-state index in [1.165, 1.54) is 32.6 Å². The summed E-state index contributed by atoms with van der Waals surface area (Å²) in [5.41, 5.74) is 7.58. The van der Waals surface area contributed by atoms with Crippen molar-refractivity contribution in [3.05, 3.63) is 103 Å². The second-order valence-corrected chi connectivity index (χ2v) is 8.66. The smallest absolute Gasteiger partial charge is 0.159 e. The van der Waals surface area contributed by atoms with E-state index in [0.717, 1.165) is 38.7 Å². The zero-order valence-corrected chi connectivity index (χ0v) is 17.7. The van der Waals surface area contributed by atoms with Crippen LogP contribution in [0.2, 0.25) is 0 Å². The molecule has 1 N–H and O–H groups in total. The van der Waals surface area contributed by atoms with Crippen LogP contribution < -0.4 is 0 Å². The Hall–Kier alpha value is -4.50. The molecule has 0 spiro atoms. The van der Waals surface area contributed by atoms with Crippen molar-refractivity contribution in [1.29, 1.82) is 0 Å². The fourth-order valence-electron chi connectivity index (χ4n) is 5.57. The minimum absolute atomic E-state index is 0.916. The molecule has 0 unspecified atom stereocenters. The highest BCUT2D eigenvalue weighted by Gasteiger charge is 2.20. The molecule has 0 aliphatic carbocycles. The van der Waals surface area contributed by atoms with Crippen molar-refractivity contribution in [3.63, 3.8) is 0 Å². The lowest BCUT2D eigenvalue weighted by Crippen LogP contribution is -1.94. The van der Waals surface area contributed by atoms with Gasteiger partial charge in [-0.15, -0.1) is 0 Å². The topological polar surface area (TPSA) is 33.9 Å². The maximum absolute atomic E-state index is 6.42. The summed E-state index contributed by atoms with van der Waals surface area (Å²) in [5.74, 6) is 0. The number of para-hydroxylation sites is 4. The Bertz CT molecular complexity index is 2030. The predicted molar refractivity (Wildman–Crippen MR) is 137 cm³/mol. The van der Waals surface area contributed by atoms with E-state index in [0.29, 0.717) is 0 Å². The van der Waals surface area contributed by atoms with E-state index in [-0.39, 0.29) is 0 Å². The normalized spacial score (nSPS) is 12.2. The molecule has 0 aliphatic heterocycles.